The SMILES string of the molecule is CCC(C)N(C(=O)C(Cc1ccccc1)NC(=O)OC(C)(C)C)C(C(=O)Nc1ccc2ccccc2c1)c1cccc(C)c1O. The van der Waals surface area contributed by atoms with Crippen LogP contribution in [-0.2, 0) is 20.7 Å². The van der Waals surface area contributed by atoms with E-state index < -0.39 is 41.6 Å². The fraction of sp³-hybridized carbons (Fsp3) is 0.324. The standard InChI is InChI=1S/C37H43N3O5/c1-7-25(3)40(35(43)31(22-26-15-9-8-10-16-26)39-36(44)45-37(4,5)6)32(30-19-13-14-24(2)33(30)41)34(42)38-29-21-20-27-17-11-12-18-28(27)23-29/h8-21,23,25,31-32,41H,7,22H2,1-6H3,(H,38,42)(H,39,44). The van der Waals surface area contributed by atoms with Gasteiger partial charge in [0, 0.05) is 23.7 Å². The fourth-order valence-corrected chi connectivity index (χ4v) is 5.27. The predicted molar refractivity (Wildman–Crippen MR) is 178 cm³/mol. The number of alkyl carbamates (subject to hydrolysis) is 1. The van der Waals surface area contributed by atoms with Crippen molar-refractivity contribution in [2.75, 3.05) is 5.32 Å². The Kier molecular flexibility index (Phi) is 10.5. The molecule has 0 bridgehead atoms. The van der Waals surface area contributed by atoms with E-state index >= 15 is 0 Å². The number of hydrogen-bond acceptors (Lipinski definition) is 5. The van der Waals surface area contributed by atoms with Crippen LogP contribution in [0.5, 0.6) is 5.75 Å². The van der Waals surface area contributed by atoms with Gasteiger partial charge in [-0.2, -0.15) is 0 Å². The monoisotopic (exact) mass is 609 g/mol. The minimum absolute atomic E-state index is 0.0722. The summed E-state index contributed by atoms with van der Waals surface area (Å²) < 4.78 is 5.52. The van der Waals surface area contributed by atoms with Crippen molar-refractivity contribution in [3.63, 3.8) is 0 Å². The zero-order valence-electron chi connectivity index (χ0n) is 26.8. The number of anilines is 1. The molecule has 0 saturated carbocycles. The van der Waals surface area contributed by atoms with Crippen LogP contribution < -0.4 is 10.6 Å². The third-order valence-corrected chi connectivity index (χ3v) is 7.70. The highest BCUT2D eigenvalue weighted by Crippen LogP contribution is 2.35. The highest BCUT2D eigenvalue weighted by atomic mass is 16.6. The third kappa shape index (κ3) is 8.41. The summed E-state index contributed by atoms with van der Waals surface area (Å²) in [6.07, 6.45) is -0.0517. The average Bonchev–Trinajstić information content (AvgIpc) is 3.00. The van der Waals surface area contributed by atoms with E-state index in [9.17, 15) is 19.5 Å². The van der Waals surface area contributed by atoms with Crippen LogP contribution in [0.2, 0.25) is 0 Å². The van der Waals surface area contributed by atoms with Crippen molar-refractivity contribution in [3.05, 3.63) is 108 Å². The molecule has 236 valence electrons. The second-order valence-electron chi connectivity index (χ2n) is 12.4. The fourth-order valence-electron chi connectivity index (χ4n) is 5.27. The van der Waals surface area contributed by atoms with Gasteiger partial charge >= 0.3 is 6.09 Å². The number of amides is 3. The third-order valence-electron chi connectivity index (χ3n) is 7.70. The van der Waals surface area contributed by atoms with Gasteiger partial charge in [0.25, 0.3) is 5.91 Å². The van der Waals surface area contributed by atoms with E-state index in [4.69, 9.17) is 4.74 Å². The number of phenolic OH excluding ortho intramolecular Hbond substituents is 1. The minimum atomic E-state index is -1.21. The van der Waals surface area contributed by atoms with Crippen molar-refractivity contribution < 1.29 is 24.2 Å². The van der Waals surface area contributed by atoms with Crippen LogP contribution in [0.1, 0.15) is 63.8 Å². The lowest BCUT2D eigenvalue weighted by atomic mass is 9.96. The Hall–Kier alpha value is -4.85. The van der Waals surface area contributed by atoms with Crippen LogP contribution in [0.25, 0.3) is 10.8 Å². The topological polar surface area (TPSA) is 108 Å². The molecule has 3 amide bonds. The molecule has 0 aliphatic rings. The number of aromatic hydroxyl groups is 1. The molecule has 3 N–H and O–H groups in total. The number of hydrogen-bond donors (Lipinski definition) is 3. The molecule has 0 aliphatic heterocycles. The van der Waals surface area contributed by atoms with Gasteiger partial charge in [0.2, 0.25) is 5.91 Å². The Morgan fingerprint density at radius 3 is 2.22 bits per heavy atom. The van der Waals surface area contributed by atoms with Crippen LogP contribution in [0.4, 0.5) is 10.5 Å². The summed E-state index contributed by atoms with van der Waals surface area (Å²) in [4.78, 5) is 43.5. The quantitative estimate of drug-likeness (QED) is 0.175. The molecule has 4 rings (SSSR count). The maximum absolute atomic E-state index is 14.7. The van der Waals surface area contributed by atoms with E-state index in [0.717, 1.165) is 16.3 Å². The number of benzene rings is 4. The van der Waals surface area contributed by atoms with Crippen LogP contribution in [0.3, 0.4) is 0 Å². The first-order valence-corrected chi connectivity index (χ1v) is 15.3. The second-order valence-corrected chi connectivity index (χ2v) is 12.4. The number of ether oxygens (including phenoxy) is 1. The number of nitrogens with one attached hydrogen (secondary N) is 2. The Morgan fingerprint density at radius 1 is 0.889 bits per heavy atom. The number of para-hydroxylation sites is 1. The van der Waals surface area contributed by atoms with Gasteiger partial charge in [0.05, 0.1) is 0 Å². The first-order valence-electron chi connectivity index (χ1n) is 15.3. The van der Waals surface area contributed by atoms with Crippen LogP contribution in [-0.4, -0.2) is 45.6 Å². The van der Waals surface area contributed by atoms with Crippen molar-refractivity contribution in [1.82, 2.24) is 10.2 Å². The number of fused-ring (bicyclic) bond motifs is 1. The number of rotatable bonds is 10. The molecule has 3 unspecified atom stereocenters. The summed E-state index contributed by atoms with van der Waals surface area (Å²) in [6.45, 7) is 10.8. The maximum Gasteiger partial charge on any atom is 0.408 e. The molecule has 0 aromatic heterocycles. The van der Waals surface area contributed by atoms with Gasteiger partial charge in [-0.3, -0.25) is 9.59 Å². The second kappa shape index (κ2) is 14.3. The molecule has 8 heteroatoms. The lowest BCUT2D eigenvalue weighted by Crippen LogP contribution is -2.55. The highest BCUT2D eigenvalue weighted by molar-refractivity contribution is 6.01. The molecule has 0 aliphatic carbocycles. The number of carbonyl (C=O) groups excluding carboxylic acids is 3. The zero-order valence-corrected chi connectivity index (χ0v) is 26.8. The summed E-state index contributed by atoms with van der Waals surface area (Å²) in [5, 5.41) is 19.0. The largest absolute Gasteiger partial charge is 0.507 e. The zero-order chi connectivity index (χ0) is 32.7. The van der Waals surface area contributed by atoms with Gasteiger partial charge in [0.15, 0.2) is 0 Å². The molecule has 8 nitrogen and oxygen atoms in total. The van der Waals surface area contributed by atoms with E-state index in [0.29, 0.717) is 17.7 Å². The van der Waals surface area contributed by atoms with E-state index in [-0.39, 0.29) is 17.7 Å². The van der Waals surface area contributed by atoms with Gasteiger partial charge in [-0.05, 0) is 75.1 Å². The molecule has 0 fully saturated rings. The molecule has 45 heavy (non-hydrogen) atoms. The first-order chi connectivity index (χ1) is 21.4. The molecular weight excluding hydrogens is 566 g/mol. The maximum atomic E-state index is 14.7. The summed E-state index contributed by atoms with van der Waals surface area (Å²) in [6, 6.07) is 25.2. The van der Waals surface area contributed by atoms with Crippen molar-refractivity contribution in [2.24, 2.45) is 0 Å². The smallest absolute Gasteiger partial charge is 0.408 e. The summed E-state index contributed by atoms with van der Waals surface area (Å²) in [7, 11) is 0. The Balaban J connectivity index is 1.79. The number of carbonyl (C=O) groups is 3. The first kappa shape index (κ1) is 33.1. The summed E-state index contributed by atoms with van der Waals surface area (Å²) in [5.74, 6) is -1.04. The Bertz CT molecular complexity index is 1650. The summed E-state index contributed by atoms with van der Waals surface area (Å²) >= 11 is 0. The number of aryl methyl sites for hydroxylation is 1. The minimum Gasteiger partial charge on any atom is -0.507 e. The average molecular weight is 610 g/mol. The molecule has 0 heterocycles. The normalized spacial score (nSPS) is 13.4. The Labute approximate surface area is 265 Å². The highest BCUT2D eigenvalue weighted by Gasteiger charge is 2.40. The summed E-state index contributed by atoms with van der Waals surface area (Å²) in [5.41, 5.74) is 1.46. The van der Waals surface area contributed by atoms with Crippen LogP contribution in [0, 0.1) is 6.92 Å². The van der Waals surface area contributed by atoms with Crippen molar-refractivity contribution in [1.29, 1.82) is 0 Å². The lowest BCUT2D eigenvalue weighted by Gasteiger charge is -2.38. The molecule has 3 atom stereocenters. The van der Waals surface area contributed by atoms with Gasteiger partial charge in [0.1, 0.15) is 23.4 Å². The number of phenols is 1. The van der Waals surface area contributed by atoms with Crippen LogP contribution in [0.15, 0.2) is 91.0 Å². The molecule has 4 aromatic rings. The molecule has 0 spiro atoms. The van der Waals surface area contributed by atoms with Crippen molar-refractivity contribution in [2.45, 2.75) is 78.1 Å². The molecular formula is C37H43N3O5. The van der Waals surface area contributed by atoms with Gasteiger partial charge < -0.3 is 25.4 Å². The van der Waals surface area contributed by atoms with Gasteiger partial charge in [-0.15, -0.1) is 0 Å². The van der Waals surface area contributed by atoms with Crippen molar-refractivity contribution in [3.8, 4) is 5.75 Å². The molecule has 0 saturated heterocycles. The van der Waals surface area contributed by atoms with Crippen molar-refractivity contribution >= 4 is 34.4 Å². The van der Waals surface area contributed by atoms with Crippen LogP contribution >= 0.6 is 0 Å². The Morgan fingerprint density at radius 2 is 1.56 bits per heavy atom. The molecule has 0 radical (unpaired) electrons. The van der Waals surface area contributed by atoms with E-state index in [1.807, 2.05) is 86.6 Å². The predicted octanol–water partition coefficient (Wildman–Crippen LogP) is 7.30. The van der Waals surface area contributed by atoms with Gasteiger partial charge in [-0.25, -0.2) is 4.79 Å². The molecule has 4 aromatic carbocycles. The van der Waals surface area contributed by atoms with E-state index in [2.05, 4.69) is 10.6 Å². The van der Waals surface area contributed by atoms with E-state index in [1.54, 1.807) is 45.9 Å². The lowest BCUT2D eigenvalue weighted by molar-refractivity contribution is -0.143. The van der Waals surface area contributed by atoms with Gasteiger partial charge in [-0.1, -0.05) is 85.8 Å². The number of nitrogens with zero attached hydrogens (tertiary/aromatic N) is 1. The van der Waals surface area contributed by atoms with E-state index in [1.165, 1.54) is 4.90 Å².